The molecule has 1 aliphatic heterocycles. The van der Waals surface area contributed by atoms with Gasteiger partial charge in [0, 0.05) is 6.08 Å². The van der Waals surface area contributed by atoms with Crippen LogP contribution in [0.1, 0.15) is 0 Å². The van der Waals surface area contributed by atoms with E-state index >= 15 is 0 Å². The van der Waals surface area contributed by atoms with Gasteiger partial charge in [-0.25, -0.2) is 0 Å². The van der Waals surface area contributed by atoms with Crippen molar-refractivity contribution in [2.75, 3.05) is 5.32 Å². The van der Waals surface area contributed by atoms with Crippen molar-refractivity contribution in [3.63, 3.8) is 0 Å². The van der Waals surface area contributed by atoms with E-state index in [-0.39, 0.29) is 0 Å². The minimum Gasteiger partial charge on any atom is -0.393 e. The van der Waals surface area contributed by atoms with Crippen LogP contribution in [-0.2, 0) is 0 Å². The standard InChI is InChI=1S/C12H8NO/c1-3-7-11-9(5-1)13-10-6-2-4-8-12(10)14-11/h1-3,5-8,13H/q+1. The molecule has 0 spiro atoms. The Morgan fingerprint density at radius 3 is 3.14 bits per heavy atom. The fourth-order valence-electron chi connectivity index (χ4n) is 1.53. The highest BCUT2D eigenvalue weighted by Crippen LogP contribution is 2.33. The number of para-hydroxylation sites is 2. The van der Waals surface area contributed by atoms with E-state index in [1.54, 1.807) is 0 Å². The number of anilines is 1. The summed E-state index contributed by atoms with van der Waals surface area (Å²) in [6, 6.07) is 7.88. The highest BCUT2D eigenvalue weighted by Gasteiger charge is 2.23. The lowest BCUT2D eigenvalue weighted by Gasteiger charge is -2.16. The van der Waals surface area contributed by atoms with E-state index in [1.165, 1.54) is 0 Å². The maximum Gasteiger partial charge on any atom is 0.266 e. The summed E-state index contributed by atoms with van der Waals surface area (Å²) in [6.45, 7) is 0. The van der Waals surface area contributed by atoms with E-state index in [0.717, 1.165) is 22.9 Å². The number of fused-ring (bicyclic) bond motifs is 1. The van der Waals surface area contributed by atoms with E-state index < -0.39 is 0 Å². The van der Waals surface area contributed by atoms with Gasteiger partial charge in [0.1, 0.15) is 12.2 Å². The van der Waals surface area contributed by atoms with Crippen molar-refractivity contribution in [1.82, 2.24) is 0 Å². The van der Waals surface area contributed by atoms with Crippen LogP contribution < -0.4 is 10.1 Å². The molecule has 1 heterocycles. The number of nitrogens with one attached hydrogen (secondary N) is 1. The molecule has 0 unspecified atom stereocenters. The van der Waals surface area contributed by atoms with Gasteiger partial charge >= 0.3 is 0 Å². The second-order valence-corrected chi connectivity index (χ2v) is 3.15. The van der Waals surface area contributed by atoms with Gasteiger partial charge in [0.2, 0.25) is 0 Å². The third kappa shape index (κ3) is 1.02. The van der Waals surface area contributed by atoms with Gasteiger partial charge < -0.3 is 10.1 Å². The van der Waals surface area contributed by atoms with Crippen LogP contribution in [0.5, 0.6) is 5.75 Å². The zero-order valence-electron chi connectivity index (χ0n) is 7.45. The molecule has 0 aromatic heterocycles. The molecule has 0 atom stereocenters. The lowest BCUT2D eigenvalue weighted by Crippen LogP contribution is -2.12. The highest BCUT2D eigenvalue weighted by atomic mass is 16.5. The average Bonchev–Trinajstić information content (AvgIpc) is 2.26. The first-order valence-corrected chi connectivity index (χ1v) is 4.47. The second kappa shape index (κ2) is 2.72. The maximum absolute atomic E-state index is 5.68. The molecule has 0 saturated carbocycles. The molecule has 0 saturated heterocycles. The molecule has 14 heavy (non-hydrogen) atoms. The number of rotatable bonds is 0. The normalized spacial score (nSPS) is 16.3. The average molecular weight is 182 g/mol. The number of ether oxygens (including phenoxy) is 1. The van der Waals surface area contributed by atoms with Gasteiger partial charge in [-0.3, -0.25) is 0 Å². The minimum absolute atomic E-state index is 0.825. The molecule has 0 amide bonds. The summed E-state index contributed by atoms with van der Waals surface area (Å²) in [5, 5.41) is 3.30. The summed E-state index contributed by atoms with van der Waals surface area (Å²) < 4.78 is 5.68. The molecule has 0 fully saturated rings. The number of hydrogen-bond acceptors (Lipinski definition) is 2. The Morgan fingerprint density at radius 1 is 1.21 bits per heavy atom. The van der Waals surface area contributed by atoms with Gasteiger partial charge in [0.05, 0.1) is 11.8 Å². The topological polar surface area (TPSA) is 21.3 Å². The molecule has 0 bridgehead atoms. The van der Waals surface area contributed by atoms with Gasteiger partial charge in [-0.15, -0.1) is 0 Å². The van der Waals surface area contributed by atoms with Crippen LogP contribution in [0.15, 0.2) is 53.9 Å². The summed E-state index contributed by atoms with van der Waals surface area (Å²) in [5.74, 6) is 1.69. The zero-order chi connectivity index (χ0) is 9.38. The van der Waals surface area contributed by atoms with Gasteiger partial charge in [0.15, 0.2) is 11.4 Å². The second-order valence-electron chi connectivity index (χ2n) is 3.15. The summed E-state index contributed by atoms with van der Waals surface area (Å²) in [4.78, 5) is 0. The Bertz CT molecular complexity index is 426. The van der Waals surface area contributed by atoms with Crippen molar-refractivity contribution in [2.24, 2.45) is 0 Å². The van der Waals surface area contributed by atoms with Crippen molar-refractivity contribution in [2.45, 2.75) is 0 Å². The Hall–Kier alpha value is -2.05. The Morgan fingerprint density at radius 2 is 2.14 bits per heavy atom. The molecule has 3 rings (SSSR count). The number of hydrogen-bond donors (Lipinski definition) is 1. The quantitative estimate of drug-likeness (QED) is 0.623. The first kappa shape index (κ1) is 7.36. The largest absolute Gasteiger partial charge is 0.393 e. The summed E-state index contributed by atoms with van der Waals surface area (Å²) in [7, 11) is 0. The molecule has 1 N–H and O–H groups in total. The van der Waals surface area contributed by atoms with Crippen molar-refractivity contribution < 1.29 is 4.74 Å². The monoisotopic (exact) mass is 182 g/mol. The van der Waals surface area contributed by atoms with Crippen LogP contribution in [0.4, 0.5) is 5.69 Å². The number of benzene rings is 1. The first-order valence-electron chi connectivity index (χ1n) is 4.47. The molecule has 0 radical (unpaired) electrons. The van der Waals surface area contributed by atoms with Gasteiger partial charge in [0.25, 0.3) is 5.76 Å². The molecule has 2 aliphatic rings. The fourth-order valence-corrected chi connectivity index (χ4v) is 1.53. The third-order valence-electron chi connectivity index (χ3n) is 2.20. The first-order chi connectivity index (χ1) is 6.93. The van der Waals surface area contributed by atoms with Crippen LogP contribution >= 0.6 is 0 Å². The summed E-state index contributed by atoms with van der Waals surface area (Å²) in [5.41, 5.74) is 1.99. The van der Waals surface area contributed by atoms with E-state index in [0.29, 0.717) is 0 Å². The van der Waals surface area contributed by atoms with Crippen molar-refractivity contribution >= 4 is 5.69 Å². The zero-order valence-corrected chi connectivity index (χ0v) is 7.45. The van der Waals surface area contributed by atoms with E-state index in [4.69, 9.17) is 4.74 Å². The van der Waals surface area contributed by atoms with Crippen LogP contribution in [-0.4, -0.2) is 0 Å². The Labute approximate surface area is 82.2 Å². The number of allylic oxidation sites excluding steroid dienone is 4. The van der Waals surface area contributed by atoms with Crippen LogP contribution in [0.2, 0.25) is 0 Å². The van der Waals surface area contributed by atoms with Gasteiger partial charge in [-0.2, -0.15) is 0 Å². The van der Waals surface area contributed by atoms with Crippen LogP contribution in [0, 0.1) is 6.08 Å². The SMILES string of the molecule is [C+]1=CC2=C(C=C1)Nc1ccccc1O2. The van der Waals surface area contributed by atoms with Crippen molar-refractivity contribution in [1.29, 1.82) is 0 Å². The molecule has 2 nitrogen and oxygen atoms in total. The van der Waals surface area contributed by atoms with Gasteiger partial charge in [-0.05, 0) is 12.1 Å². The molecule has 2 heteroatoms. The molecule has 1 aromatic carbocycles. The van der Waals surface area contributed by atoms with Crippen LogP contribution in [0.3, 0.4) is 0 Å². The van der Waals surface area contributed by atoms with Gasteiger partial charge in [-0.1, -0.05) is 12.1 Å². The summed E-state index contributed by atoms with van der Waals surface area (Å²) >= 11 is 0. The minimum atomic E-state index is 0.825. The molecule has 66 valence electrons. The van der Waals surface area contributed by atoms with E-state index in [2.05, 4.69) is 11.4 Å². The lowest BCUT2D eigenvalue weighted by atomic mass is 10.1. The fraction of sp³-hybridized carbons (Fsp3) is 0. The van der Waals surface area contributed by atoms with Crippen LogP contribution in [0.25, 0.3) is 0 Å². The van der Waals surface area contributed by atoms with E-state index in [9.17, 15) is 0 Å². The Kier molecular flexibility index (Phi) is 1.43. The van der Waals surface area contributed by atoms with Crippen molar-refractivity contribution in [3.8, 4) is 5.75 Å². The maximum atomic E-state index is 5.68. The third-order valence-corrected chi connectivity index (χ3v) is 2.20. The Balaban J connectivity index is 2.08. The predicted octanol–water partition coefficient (Wildman–Crippen LogP) is 2.63. The molecule has 1 aromatic rings. The highest BCUT2D eigenvalue weighted by molar-refractivity contribution is 5.65. The predicted molar refractivity (Wildman–Crippen MR) is 54.7 cm³/mol. The van der Waals surface area contributed by atoms with Crippen molar-refractivity contribution in [3.05, 3.63) is 60.0 Å². The molecular formula is C12H8NO+. The van der Waals surface area contributed by atoms with E-state index in [1.807, 2.05) is 42.5 Å². The lowest BCUT2D eigenvalue weighted by molar-refractivity contribution is 0.434. The molecular weight excluding hydrogens is 174 g/mol. The molecule has 1 aliphatic carbocycles. The smallest absolute Gasteiger partial charge is 0.266 e. The summed E-state index contributed by atoms with van der Waals surface area (Å²) in [6.07, 6.45) is 8.63.